The van der Waals surface area contributed by atoms with Crippen LogP contribution in [-0.2, 0) is 22.6 Å². The molecule has 3 aromatic heterocycles. The molecule has 2 N–H and O–H groups in total. The van der Waals surface area contributed by atoms with E-state index in [-0.39, 0.29) is 42.0 Å². The van der Waals surface area contributed by atoms with Crippen LogP contribution in [0.4, 0.5) is 0 Å². The third-order valence-corrected chi connectivity index (χ3v) is 8.21. The summed E-state index contributed by atoms with van der Waals surface area (Å²) in [4.78, 5) is 58.5. The van der Waals surface area contributed by atoms with Crippen LogP contribution in [-0.4, -0.2) is 64.7 Å². The van der Waals surface area contributed by atoms with Crippen LogP contribution >= 0.6 is 0 Å². The smallest absolute Gasteiger partial charge is 0.243 e. The molecule has 2 amide bonds. The monoisotopic (exact) mass is 538 g/mol. The van der Waals surface area contributed by atoms with Gasteiger partial charge in [-0.2, -0.15) is 5.10 Å². The van der Waals surface area contributed by atoms with E-state index in [2.05, 4.69) is 42.4 Å². The summed E-state index contributed by atoms with van der Waals surface area (Å²) in [7, 11) is 0. The Hall–Kier alpha value is -4.54. The number of hydrogen-bond donors (Lipinski definition) is 2. The molecule has 1 saturated heterocycles. The van der Waals surface area contributed by atoms with E-state index >= 15 is 0 Å². The van der Waals surface area contributed by atoms with Gasteiger partial charge in [-0.3, -0.25) is 19.5 Å². The summed E-state index contributed by atoms with van der Waals surface area (Å²) < 4.78 is 0. The predicted molar refractivity (Wildman–Crippen MR) is 146 cm³/mol. The first kappa shape index (κ1) is 25.7. The van der Waals surface area contributed by atoms with Crippen molar-refractivity contribution in [1.82, 2.24) is 40.3 Å². The minimum atomic E-state index is -0.579. The maximum atomic E-state index is 14.1. The van der Waals surface area contributed by atoms with Crippen molar-refractivity contribution in [3.8, 4) is 11.1 Å². The van der Waals surface area contributed by atoms with Crippen LogP contribution in [0.15, 0.2) is 37.2 Å². The lowest BCUT2D eigenvalue weighted by Crippen LogP contribution is -2.48. The fourth-order valence-corrected chi connectivity index (χ4v) is 5.99. The van der Waals surface area contributed by atoms with Crippen molar-refractivity contribution >= 4 is 28.5 Å². The quantitative estimate of drug-likeness (QED) is 0.342. The van der Waals surface area contributed by atoms with Crippen molar-refractivity contribution in [2.75, 3.05) is 0 Å². The predicted octanol–water partition coefficient (Wildman–Crippen LogP) is 2.87. The first-order valence-electron chi connectivity index (χ1n) is 13.3. The molecule has 4 heterocycles. The van der Waals surface area contributed by atoms with Crippen molar-refractivity contribution in [2.24, 2.45) is 5.41 Å². The number of nitrogens with zero attached hydrogens (tertiary/aromatic N) is 6. The molecule has 1 aliphatic heterocycles. The average molecular weight is 539 g/mol. The Morgan fingerprint density at radius 3 is 2.52 bits per heavy atom. The highest BCUT2D eigenvalue weighted by Gasteiger charge is 2.64. The van der Waals surface area contributed by atoms with E-state index < -0.39 is 6.04 Å². The van der Waals surface area contributed by atoms with E-state index in [9.17, 15) is 14.4 Å². The van der Waals surface area contributed by atoms with Gasteiger partial charge in [0, 0.05) is 60.8 Å². The van der Waals surface area contributed by atoms with Crippen molar-refractivity contribution in [3.63, 3.8) is 0 Å². The molecule has 0 unspecified atom stereocenters. The molecule has 40 heavy (non-hydrogen) atoms. The van der Waals surface area contributed by atoms with Crippen molar-refractivity contribution in [3.05, 3.63) is 65.4 Å². The maximum absolute atomic E-state index is 14.1. The van der Waals surface area contributed by atoms with Crippen LogP contribution in [0.25, 0.3) is 22.0 Å². The topological polar surface area (TPSA) is 147 Å². The maximum Gasteiger partial charge on any atom is 0.243 e. The normalized spacial score (nSPS) is 21.4. The standard InChI is InChI=1S/C29H30N8O3/c1-15-5-20(19-12-32-17(3)33-13-19)21(25-26(15)35-36-27(25)16(2)38)6-24(39)37-22(7-29(4)8-23(29)37)28(40)34-11-18-9-30-14-31-10-18/h5,9-10,12-14,22-23H,6-8,11H2,1-4H3,(H,34,40)(H,35,36)/t22-,23+,29-/m0/s1. The number of carbonyl (C=O) groups excluding carboxylic acids is 3. The highest BCUT2D eigenvalue weighted by atomic mass is 16.2. The van der Waals surface area contributed by atoms with E-state index in [1.165, 1.54) is 13.3 Å². The van der Waals surface area contributed by atoms with E-state index in [4.69, 9.17) is 0 Å². The molecule has 0 radical (unpaired) electrons. The second kappa shape index (κ2) is 9.58. The molecule has 11 nitrogen and oxygen atoms in total. The van der Waals surface area contributed by atoms with E-state index in [0.29, 0.717) is 34.4 Å². The zero-order valence-electron chi connectivity index (χ0n) is 22.9. The van der Waals surface area contributed by atoms with Crippen molar-refractivity contribution < 1.29 is 14.4 Å². The SMILES string of the molecule is CC(=O)c1[nH]nc2c(C)cc(-c3cnc(C)nc3)c(CC(=O)N3[C@H](C(=O)NCc4cncnc4)C[C@@]4(C)C[C@@H]34)c12. The minimum absolute atomic E-state index is 0.000432. The van der Waals surface area contributed by atoms with Crippen LogP contribution in [0.3, 0.4) is 0 Å². The molecular weight excluding hydrogens is 508 g/mol. The number of H-pyrrole nitrogens is 1. The molecule has 0 spiro atoms. The highest BCUT2D eigenvalue weighted by molar-refractivity contribution is 6.09. The van der Waals surface area contributed by atoms with Crippen LogP contribution in [0.5, 0.6) is 0 Å². The summed E-state index contributed by atoms with van der Waals surface area (Å²) in [6.07, 6.45) is 9.66. The molecule has 11 heteroatoms. The second-order valence-corrected chi connectivity index (χ2v) is 11.2. The summed E-state index contributed by atoms with van der Waals surface area (Å²) in [6.45, 7) is 7.62. The second-order valence-electron chi connectivity index (χ2n) is 11.2. The Balaban J connectivity index is 1.37. The van der Waals surface area contributed by atoms with Gasteiger partial charge < -0.3 is 10.2 Å². The molecule has 3 atom stereocenters. The zero-order chi connectivity index (χ0) is 28.2. The number of fused-ring (bicyclic) bond motifs is 2. The Labute approximate surface area is 230 Å². The number of piperidine rings is 1. The number of aromatic nitrogens is 6. The van der Waals surface area contributed by atoms with Gasteiger partial charge in [-0.05, 0) is 54.9 Å². The number of ketones is 1. The van der Waals surface area contributed by atoms with Gasteiger partial charge in [0.1, 0.15) is 23.9 Å². The van der Waals surface area contributed by atoms with E-state index in [0.717, 1.165) is 28.7 Å². The summed E-state index contributed by atoms with van der Waals surface area (Å²) in [6, 6.07) is 1.38. The fraction of sp³-hybridized carbons (Fsp3) is 0.379. The summed E-state index contributed by atoms with van der Waals surface area (Å²) in [5, 5.41) is 10.9. The lowest BCUT2D eigenvalue weighted by atomic mass is 9.91. The molecule has 4 aromatic rings. The molecule has 2 aliphatic rings. The van der Waals surface area contributed by atoms with Gasteiger partial charge in [0.2, 0.25) is 11.8 Å². The number of nitrogens with one attached hydrogen (secondary N) is 2. The highest BCUT2D eigenvalue weighted by Crippen LogP contribution is 2.59. The molecule has 1 saturated carbocycles. The summed E-state index contributed by atoms with van der Waals surface area (Å²) >= 11 is 0. The molecule has 0 bridgehead atoms. The van der Waals surface area contributed by atoms with Crippen molar-refractivity contribution in [2.45, 2.75) is 65.6 Å². The lowest BCUT2D eigenvalue weighted by Gasteiger charge is -2.27. The fourth-order valence-electron chi connectivity index (χ4n) is 5.99. The van der Waals surface area contributed by atoms with Crippen LogP contribution in [0.2, 0.25) is 0 Å². The summed E-state index contributed by atoms with van der Waals surface area (Å²) in [5.41, 5.74) is 4.75. The Kier molecular flexibility index (Phi) is 6.16. The third kappa shape index (κ3) is 4.41. The van der Waals surface area contributed by atoms with Crippen LogP contribution < -0.4 is 5.32 Å². The molecule has 6 rings (SSSR count). The molecule has 204 valence electrons. The Morgan fingerprint density at radius 2 is 1.82 bits per heavy atom. The number of aryl methyl sites for hydroxylation is 2. The summed E-state index contributed by atoms with van der Waals surface area (Å²) in [5.74, 6) is 0.100. The van der Waals surface area contributed by atoms with E-state index in [1.807, 2.05) is 19.9 Å². The number of Topliss-reactive ketones (excluding diaryl/α,β-unsaturated/α-hetero) is 1. The largest absolute Gasteiger partial charge is 0.350 e. The average Bonchev–Trinajstić information content (AvgIpc) is 3.26. The lowest BCUT2D eigenvalue weighted by molar-refractivity contribution is -0.139. The van der Waals surface area contributed by atoms with Gasteiger partial charge in [0.25, 0.3) is 0 Å². The Morgan fingerprint density at radius 1 is 1.10 bits per heavy atom. The van der Waals surface area contributed by atoms with Gasteiger partial charge in [0.05, 0.1) is 11.9 Å². The number of benzene rings is 1. The van der Waals surface area contributed by atoms with Gasteiger partial charge in [0.15, 0.2) is 5.78 Å². The van der Waals surface area contributed by atoms with Crippen molar-refractivity contribution in [1.29, 1.82) is 0 Å². The Bertz CT molecular complexity index is 1650. The number of likely N-dealkylation sites (tertiary alicyclic amines) is 1. The molecule has 1 aromatic carbocycles. The number of hydrogen-bond acceptors (Lipinski definition) is 8. The number of aromatic amines is 1. The number of carbonyl (C=O) groups is 3. The van der Waals surface area contributed by atoms with Gasteiger partial charge >= 0.3 is 0 Å². The van der Waals surface area contributed by atoms with Gasteiger partial charge in [-0.25, -0.2) is 19.9 Å². The molecular formula is C29H30N8O3. The minimum Gasteiger partial charge on any atom is -0.350 e. The van der Waals surface area contributed by atoms with Gasteiger partial charge in [-0.15, -0.1) is 0 Å². The number of amides is 2. The first-order chi connectivity index (χ1) is 19.2. The molecule has 2 fully saturated rings. The van der Waals surface area contributed by atoms with Gasteiger partial charge in [-0.1, -0.05) is 6.92 Å². The molecule has 1 aliphatic carbocycles. The van der Waals surface area contributed by atoms with Crippen LogP contribution in [0.1, 0.15) is 59.7 Å². The van der Waals surface area contributed by atoms with Crippen LogP contribution in [0, 0.1) is 19.3 Å². The zero-order valence-corrected chi connectivity index (χ0v) is 22.9. The van der Waals surface area contributed by atoms with E-state index in [1.54, 1.807) is 29.7 Å². The number of rotatable bonds is 7. The third-order valence-electron chi connectivity index (χ3n) is 8.21. The first-order valence-corrected chi connectivity index (χ1v) is 13.3.